The predicted molar refractivity (Wildman–Crippen MR) is 96.3 cm³/mol. The van der Waals surface area contributed by atoms with Crippen LogP contribution in [0.1, 0.15) is 12.8 Å². The molecule has 1 saturated heterocycles. The van der Waals surface area contributed by atoms with Crippen LogP contribution < -0.4 is 19.7 Å². The van der Waals surface area contributed by atoms with E-state index < -0.39 is 6.10 Å². The molecule has 4 rings (SSSR count). The molecule has 2 aliphatic rings. The van der Waals surface area contributed by atoms with Crippen LogP contribution in [0.5, 0.6) is 11.5 Å². The molecule has 0 bridgehead atoms. The number of carbonyl (C=O) groups is 1. The molecule has 1 N–H and O–H groups in total. The minimum Gasteiger partial charge on any atom is -0.485 e. The monoisotopic (exact) mass is 354 g/mol. The number of rotatable bonds is 4. The summed E-state index contributed by atoms with van der Waals surface area (Å²) in [6.45, 7) is 2.76. The lowest BCUT2D eigenvalue weighted by atomic mass is 9.96. The van der Waals surface area contributed by atoms with Gasteiger partial charge in [-0.3, -0.25) is 9.78 Å². The SMILES string of the molecule is O=C(NCC1CCN(c2cnccn2)CC1)[C@@H]1COc2ccccc2O1. The summed E-state index contributed by atoms with van der Waals surface area (Å²) in [4.78, 5) is 23.1. The summed E-state index contributed by atoms with van der Waals surface area (Å²) in [5.41, 5.74) is 0. The van der Waals surface area contributed by atoms with Crippen molar-refractivity contribution in [3.05, 3.63) is 42.9 Å². The molecule has 1 atom stereocenters. The molecule has 1 amide bonds. The van der Waals surface area contributed by atoms with Gasteiger partial charge >= 0.3 is 0 Å². The van der Waals surface area contributed by atoms with Gasteiger partial charge in [-0.1, -0.05) is 12.1 Å². The van der Waals surface area contributed by atoms with E-state index in [1.165, 1.54) is 0 Å². The van der Waals surface area contributed by atoms with Crippen molar-refractivity contribution in [1.29, 1.82) is 0 Å². The van der Waals surface area contributed by atoms with Crippen molar-refractivity contribution in [2.24, 2.45) is 5.92 Å². The Kier molecular flexibility index (Phi) is 4.86. The van der Waals surface area contributed by atoms with Crippen LogP contribution in [0.2, 0.25) is 0 Å². The second-order valence-electron chi connectivity index (χ2n) is 6.60. The number of nitrogens with zero attached hydrogens (tertiary/aromatic N) is 3. The third kappa shape index (κ3) is 3.71. The topological polar surface area (TPSA) is 76.6 Å². The molecular weight excluding hydrogens is 332 g/mol. The largest absolute Gasteiger partial charge is 0.485 e. The lowest BCUT2D eigenvalue weighted by Crippen LogP contribution is -2.46. The highest BCUT2D eigenvalue weighted by Gasteiger charge is 2.28. The minimum atomic E-state index is -0.593. The summed E-state index contributed by atoms with van der Waals surface area (Å²) >= 11 is 0. The molecule has 1 aromatic carbocycles. The highest BCUT2D eigenvalue weighted by Crippen LogP contribution is 2.30. The standard InChI is InChI=1S/C19H22N4O3/c24-19(17-13-25-15-3-1-2-4-16(15)26-17)22-11-14-5-9-23(10-6-14)18-12-20-7-8-21-18/h1-4,7-8,12,14,17H,5-6,9-11,13H2,(H,22,24)/t17-/m0/s1. The number of aromatic nitrogens is 2. The fourth-order valence-corrected chi connectivity index (χ4v) is 3.33. The zero-order valence-electron chi connectivity index (χ0n) is 14.5. The van der Waals surface area contributed by atoms with Crippen LogP contribution in [0.15, 0.2) is 42.9 Å². The number of amides is 1. The number of fused-ring (bicyclic) bond motifs is 1. The Balaban J connectivity index is 1.23. The van der Waals surface area contributed by atoms with Gasteiger partial charge in [-0.15, -0.1) is 0 Å². The molecule has 0 radical (unpaired) electrons. The second-order valence-corrected chi connectivity index (χ2v) is 6.60. The highest BCUT2D eigenvalue weighted by atomic mass is 16.6. The Hall–Kier alpha value is -2.83. The smallest absolute Gasteiger partial charge is 0.264 e. The number of benzene rings is 1. The van der Waals surface area contributed by atoms with Gasteiger partial charge in [-0.05, 0) is 30.9 Å². The van der Waals surface area contributed by atoms with Gasteiger partial charge in [0, 0.05) is 32.0 Å². The van der Waals surface area contributed by atoms with E-state index in [1.54, 1.807) is 18.6 Å². The third-order valence-corrected chi connectivity index (χ3v) is 4.85. The number of para-hydroxylation sites is 2. The first kappa shape index (κ1) is 16.6. The van der Waals surface area contributed by atoms with E-state index >= 15 is 0 Å². The summed E-state index contributed by atoms with van der Waals surface area (Å²) in [5.74, 6) is 2.57. The molecule has 7 heteroatoms. The molecule has 0 unspecified atom stereocenters. The van der Waals surface area contributed by atoms with Gasteiger partial charge in [-0.25, -0.2) is 4.98 Å². The van der Waals surface area contributed by atoms with Crippen LogP contribution in [0.4, 0.5) is 5.82 Å². The van der Waals surface area contributed by atoms with Gasteiger partial charge in [0.15, 0.2) is 11.5 Å². The van der Waals surface area contributed by atoms with E-state index in [2.05, 4.69) is 20.2 Å². The molecule has 2 aromatic rings. The van der Waals surface area contributed by atoms with Gasteiger partial charge in [0.2, 0.25) is 6.10 Å². The Morgan fingerprint density at radius 1 is 1.19 bits per heavy atom. The van der Waals surface area contributed by atoms with E-state index in [1.807, 2.05) is 24.3 Å². The van der Waals surface area contributed by atoms with Gasteiger partial charge in [-0.2, -0.15) is 0 Å². The van der Waals surface area contributed by atoms with Crippen molar-refractivity contribution >= 4 is 11.7 Å². The van der Waals surface area contributed by atoms with Crippen LogP contribution in [-0.2, 0) is 4.79 Å². The summed E-state index contributed by atoms with van der Waals surface area (Å²) in [6.07, 6.45) is 6.63. The van der Waals surface area contributed by atoms with Crippen molar-refractivity contribution in [3.8, 4) is 11.5 Å². The Morgan fingerprint density at radius 2 is 2.00 bits per heavy atom. The average molecular weight is 354 g/mol. The molecule has 1 fully saturated rings. The van der Waals surface area contributed by atoms with Crippen molar-refractivity contribution in [2.75, 3.05) is 31.1 Å². The molecule has 136 valence electrons. The molecular formula is C19H22N4O3. The summed E-state index contributed by atoms with van der Waals surface area (Å²) in [5, 5.41) is 3.02. The Bertz CT molecular complexity index is 747. The fourth-order valence-electron chi connectivity index (χ4n) is 3.33. The highest BCUT2D eigenvalue weighted by molar-refractivity contribution is 5.81. The lowest BCUT2D eigenvalue weighted by molar-refractivity contribution is -0.130. The van der Waals surface area contributed by atoms with E-state index in [0.717, 1.165) is 31.7 Å². The van der Waals surface area contributed by atoms with Crippen LogP contribution >= 0.6 is 0 Å². The summed E-state index contributed by atoms with van der Waals surface area (Å²) < 4.78 is 11.4. The van der Waals surface area contributed by atoms with E-state index in [0.29, 0.717) is 24.0 Å². The van der Waals surface area contributed by atoms with E-state index in [4.69, 9.17) is 9.47 Å². The number of hydrogen-bond donors (Lipinski definition) is 1. The Labute approximate surface area is 152 Å². The number of piperidine rings is 1. The maximum atomic E-state index is 12.4. The normalized spacial score (nSPS) is 19.8. The molecule has 0 saturated carbocycles. The molecule has 1 aromatic heterocycles. The molecule has 26 heavy (non-hydrogen) atoms. The van der Waals surface area contributed by atoms with Crippen LogP contribution in [0, 0.1) is 5.92 Å². The van der Waals surface area contributed by atoms with Gasteiger partial charge in [0.1, 0.15) is 12.4 Å². The molecule has 3 heterocycles. The number of anilines is 1. The summed E-state index contributed by atoms with van der Waals surface area (Å²) in [7, 11) is 0. The van der Waals surface area contributed by atoms with Crippen molar-refractivity contribution in [2.45, 2.75) is 18.9 Å². The zero-order valence-corrected chi connectivity index (χ0v) is 14.5. The van der Waals surface area contributed by atoms with E-state index in [-0.39, 0.29) is 12.5 Å². The van der Waals surface area contributed by atoms with Crippen LogP contribution in [0.25, 0.3) is 0 Å². The fraction of sp³-hybridized carbons (Fsp3) is 0.421. The molecule has 0 aliphatic carbocycles. The number of hydrogen-bond acceptors (Lipinski definition) is 6. The van der Waals surface area contributed by atoms with Crippen LogP contribution in [-0.4, -0.2) is 48.2 Å². The molecule has 2 aliphatic heterocycles. The van der Waals surface area contributed by atoms with E-state index in [9.17, 15) is 4.79 Å². The van der Waals surface area contributed by atoms with Crippen LogP contribution in [0.3, 0.4) is 0 Å². The van der Waals surface area contributed by atoms with Crippen molar-refractivity contribution in [3.63, 3.8) is 0 Å². The first-order chi connectivity index (χ1) is 12.8. The predicted octanol–water partition coefficient (Wildman–Crippen LogP) is 1.65. The first-order valence-corrected chi connectivity index (χ1v) is 8.97. The van der Waals surface area contributed by atoms with Gasteiger partial charge in [0.05, 0.1) is 6.20 Å². The number of ether oxygens (including phenoxy) is 2. The maximum Gasteiger partial charge on any atom is 0.264 e. The Morgan fingerprint density at radius 3 is 2.77 bits per heavy atom. The molecule has 7 nitrogen and oxygen atoms in total. The molecule has 0 spiro atoms. The average Bonchev–Trinajstić information content (AvgIpc) is 2.72. The number of carbonyl (C=O) groups excluding carboxylic acids is 1. The van der Waals surface area contributed by atoms with Crippen molar-refractivity contribution < 1.29 is 14.3 Å². The number of nitrogens with one attached hydrogen (secondary N) is 1. The first-order valence-electron chi connectivity index (χ1n) is 8.97. The minimum absolute atomic E-state index is 0.115. The second kappa shape index (κ2) is 7.59. The maximum absolute atomic E-state index is 12.4. The van der Waals surface area contributed by atoms with Gasteiger partial charge in [0.25, 0.3) is 5.91 Å². The third-order valence-electron chi connectivity index (χ3n) is 4.85. The zero-order chi connectivity index (χ0) is 17.8. The quantitative estimate of drug-likeness (QED) is 0.900. The summed E-state index contributed by atoms with van der Waals surface area (Å²) in [6, 6.07) is 7.41. The van der Waals surface area contributed by atoms with Crippen molar-refractivity contribution in [1.82, 2.24) is 15.3 Å². The van der Waals surface area contributed by atoms with Gasteiger partial charge < -0.3 is 19.7 Å². The lowest BCUT2D eigenvalue weighted by Gasteiger charge is -2.33.